The fourth-order valence-electron chi connectivity index (χ4n) is 3.31. The maximum absolute atomic E-state index is 12.7. The molecule has 2 amide bonds. The van der Waals surface area contributed by atoms with Gasteiger partial charge in [-0.3, -0.25) is 9.59 Å². The van der Waals surface area contributed by atoms with Crippen molar-refractivity contribution in [3.8, 4) is 6.07 Å². The number of hydrogen-bond donors (Lipinski definition) is 1. The summed E-state index contributed by atoms with van der Waals surface area (Å²) in [6.45, 7) is 3.49. The average Bonchev–Trinajstić information content (AvgIpc) is 2.98. The van der Waals surface area contributed by atoms with Crippen LogP contribution in [-0.4, -0.2) is 54.3 Å². The molecule has 0 atom stereocenters. The van der Waals surface area contributed by atoms with E-state index in [9.17, 15) is 9.59 Å². The van der Waals surface area contributed by atoms with Crippen molar-refractivity contribution in [2.24, 2.45) is 0 Å². The van der Waals surface area contributed by atoms with Crippen LogP contribution in [0.4, 0.5) is 5.69 Å². The smallest absolute Gasteiger partial charge is 0.255 e. The predicted octanol–water partition coefficient (Wildman–Crippen LogP) is 3.39. The van der Waals surface area contributed by atoms with E-state index in [1.807, 2.05) is 17.0 Å². The van der Waals surface area contributed by atoms with E-state index < -0.39 is 0 Å². The van der Waals surface area contributed by atoms with E-state index in [1.165, 1.54) is 0 Å². The zero-order valence-corrected chi connectivity index (χ0v) is 16.9. The Morgan fingerprint density at radius 3 is 2.52 bits per heavy atom. The number of rotatable bonds is 5. The first-order valence-electron chi connectivity index (χ1n) is 9.63. The van der Waals surface area contributed by atoms with E-state index in [2.05, 4.69) is 16.3 Å². The molecule has 1 N–H and O–H groups in total. The van der Waals surface area contributed by atoms with Gasteiger partial charge in [0.05, 0.1) is 22.2 Å². The van der Waals surface area contributed by atoms with Crippen molar-refractivity contribution in [1.82, 2.24) is 9.80 Å². The van der Waals surface area contributed by atoms with Crippen LogP contribution in [0.3, 0.4) is 0 Å². The van der Waals surface area contributed by atoms with Crippen LogP contribution in [0.25, 0.3) is 0 Å². The van der Waals surface area contributed by atoms with E-state index in [0.29, 0.717) is 47.9 Å². The molecule has 0 radical (unpaired) electrons. The number of halogens is 1. The molecule has 1 saturated heterocycles. The first-order valence-corrected chi connectivity index (χ1v) is 10.0. The van der Waals surface area contributed by atoms with Gasteiger partial charge < -0.3 is 15.1 Å². The summed E-state index contributed by atoms with van der Waals surface area (Å²) in [5, 5.41) is 12.1. The molecule has 150 valence electrons. The molecule has 3 rings (SSSR count). The van der Waals surface area contributed by atoms with Crippen molar-refractivity contribution in [1.29, 1.82) is 5.26 Å². The summed E-state index contributed by atoms with van der Waals surface area (Å²) in [4.78, 5) is 29.0. The lowest BCUT2D eigenvalue weighted by atomic mass is 10.2. The van der Waals surface area contributed by atoms with Crippen molar-refractivity contribution < 1.29 is 9.59 Å². The van der Waals surface area contributed by atoms with Gasteiger partial charge >= 0.3 is 0 Å². The number of nitrogens with one attached hydrogen (secondary N) is 1. The Kier molecular flexibility index (Phi) is 7.23. The number of carbonyl (C=O) groups excluding carboxylic acids is 2. The van der Waals surface area contributed by atoms with E-state index in [-0.39, 0.29) is 11.8 Å². The molecule has 1 fully saturated rings. The number of hydrogen-bond acceptors (Lipinski definition) is 4. The molecule has 2 aromatic rings. The lowest BCUT2D eigenvalue weighted by molar-refractivity contribution is -0.116. The number of amides is 2. The first kappa shape index (κ1) is 20.8. The van der Waals surface area contributed by atoms with Crippen molar-refractivity contribution in [2.45, 2.75) is 12.8 Å². The van der Waals surface area contributed by atoms with E-state index in [1.54, 1.807) is 36.4 Å². The van der Waals surface area contributed by atoms with Gasteiger partial charge in [-0.2, -0.15) is 5.26 Å². The van der Waals surface area contributed by atoms with Gasteiger partial charge in [0.2, 0.25) is 5.91 Å². The molecule has 0 saturated carbocycles. The van der Waals surface area contributed by atoms with E-state index in [0.717, 1.165) is 19.5 Å². The quantitative estimate of drug-likeness (QED) is 0.819. The second-order valence-electron chi connectivity index (χ2n) is 6.95. The number of carbonyl (C=O) groups is 2. The SMILES string of the molecule is N#Cc1ccc(NC(=O)CCN2CCCN(C(=O)c3ccccc3Cl)CC2)cc1. The maximum atomic E-state index is 12.7. The van der Waals surface area contributed by atoms with Crippen LogP contribution in [0.5, 0.6) is 0 Å². The number of nitrogens with zero attached hydrogens (tertiary/aromatic N) is 3. The lowest BCUT2D eigenvalue weighted by Gasteiger charge is -2.22. The number of nitriles is 1. The highest BCUT2D eigenvalue weighted by atomic mass is 35.5. The fourth-order valence-corrected chi connectivity index (χ4v) is 3.53. The lowest BCUT2D eigenvalue weighted by Crippen LogP contribution is -2.36. The Morgan fingerprint density at radius 2 is 1.79 bits per heavy atom. The molecule has 0 aliphatic carbocycles. The Labute approximate surface area is 175 Å². The third-order valence-corrected chi connectivity index (χ3v) is 5.26. The minimum absolute atomic E-state index is 0.0454. The molecule has 0 unspecified atom stereocenters. The van der Waals surface area contributed by atoms with Crippen LogP contribution in [0.1, 0.15) is 28.8 Å². The van der Waals surface area contributed by atoms with Crippen LogP contribution in [0.2, 0.25) is 5.02 Å². The van der Waals surface area contributed by atoms with Gasteiger partial charge in [-0.15, -0.1) is 0 Å². The van der Waals surface area contributed by atoms with Crippen molar-refractivity contribution in [3.05, 3.63) is 64.7 Å². The zero-order valence-electron chi connectivity index (χ0n) is 16.1. The molecule has 1 aliphatic rings. The largest absolute Gasteiger partial charge is 0.337 e. The maximum Gasteiger partial charge on any atom is 0.255 e. The topological polar surface area (TPSA) is 76.4 Å². The number of anilines is 1. The first-order chi connectivity index (χ1) is 14.1. The minimum atomic E-state index is -0.0667. The van der Waals surface area contributed by atoms with Gasteiger partial charge in [0.25, 0.3) is 5.91 Å². The summed E-state index contributed by atoms with van der Waals surface area (Å²) >= 11 is 6.16. The molecular weight excluding hydrogens is 388 g/mol. The van der Waals surface area contributed by atoms with E-state index >= 15 is 0 Å². The highest BCUT2D eigenvalue weighted by Gasteiger charge is 2.22. The molecule has 6 nitrogen and oxygen atoms in total. The fraction of sp³-hybridized carbons (Fsp3) is 0.318. The second-order valence-corrected chi connectivity index (χ2v) is 7.36. The Hall–Kier alpha value is -2.88. The van der Waals surface area contributed by atoms with Crippen LogP contribution in [0, 0.1) is 11.3 Å². The molecule has 1 aliphatic heterocycles. The highest BCUT2D eigenvalue weighted by Crippen LogP contribution is 2.18. The van der Waals surface area contributed by atoms with Gasteiger partial charge in [0.1, 0.15) is 0 Å². The molecule has 0 spiro atoms. The third-order valence-electron chi connectivity index (χ3n) is 4.93. The molecule has 29 heavy (non-hydrogen) atoms. The van der Waals surface area contributed by atoms with Gasteiger partial charge in [0.15, 0.2) is 0 Å². The van der Waals surface area contributed by atoms with E-state index in [4.69, 9.17) is 16.9 Å². The molecule has 0 aromatic heterocycles. The van der Waals surface area contributed by atoms with Crippen LogP contribution < -0.4 is 5.32 Å². The summed E-state index contributed by atoms with van der Waals surface area (Å²) in [5.74, 6) is -0.112. The molecule has 7 heteroatoms. The summed E-state index contributed by atoms with van der Waals surface area (Å²) in [5.41, 5.74) is 1.77. The molecule has 0 bridgehead atoms. The Morgan fingerprint density at radius 1 is 1.03 bits per heavy atom. The second kappa shape index (κ2) is 10.1. The third kappa shape index (κ3) is 5.80. The summed E-state index contributed by atoms with van der Waals surface area (Å²) in [6.07, 6.45) is 1.23. The Balaban J connectivity index is 1.47. The summed E-state index contributed by atoms with van der Waals surface area (Å²) in [6, 6.07) is 16.0. The molecule has 1 heterocycles. The highest BCUT2D eigenvalue weighted by molar-refractivity contribution is 6.33. The van der Waals surface area contributed by atoms with Crippen molar-refractivity contribution >= 4 is 29.1 Å². The monoisotopic (exact) mass is 410 g/mol. The average molecular weight is 411 g/mol. The minimum Gasteiger partial charge on any atom is -0.337 e. The van der Waals surface area contributed by atoms with Gasteiger partial charge in [0, 0.05) is 38.3 Å². The zero-order chi connectivity index (χ0) is 20.6. The summed E-state index contributed by atoms with van der Waals surface area (Å²) < 4.78 is 0. The molecular formula is C22H23ClN4O2. The predicted molar refractivity (Wildman–Crippen MR) is 113 cm³/mol. The van der Waals surface area contributed by atoms with Gasteiger partial charge in [-0.05, 0) is 49.4 Å². The van der Waals surface area contributed by atoms with Crippen molar-refractivity contribution in [2.75, 3.05) is 38.0 Å². The van der Waals surface area contributed by atoms with Crippen LogP contribution in [0.15, 0.2) is 48.5 Å². The summed E-state index contributed by atoms with van der Waals surface area (Å²) in [7, 11) is 0. The van der Waals surface area contributed by atoms with Gasteiger partial charge in [-0.25, -0.2) is 0 Å². The number of benzene rings is 2. The Bertz CT molecular complexity index is 908. The standard InChI is InChI=1S/C22H23ClN4O2/c23-20-5-2-1-4-19(20)22(29)27-12-3-11-26(14-15-27)13-10-21(28)25-18-8-6-17(16-24)7-9-18/h1-2,4-9H,3,10-15H2,(H,25,28). The molecule has 2 aromatic carbocycles. The van der Waals surface area contributed by atoms with Crippen LogP contribution >= 0.6 is 11.6 Å². The van der Waals surface area contributed by atoms with Crippen molar-refractivity contribution in [3.63, 3.8) is 0 Å². The van der Waals surface area contributed by atoms with Gasteiger partial charge in [-0.1, -0.05) is 23.7 Å². The van der Waals surface area contributed by atoms with Crippen LogP contribution in [-0.2, 0) is 4.79 Å². The normalized spacial score (nSPS) is 14.7.